The van der Waals surface area contributed by atoms with Crippen molar-refractivity contribution in [1.82, 2.24) is 4.57 Å². The molecule has 3 rings (SSSR count). The lowest BCUT2D eigenvalue weighted by molar-refractivity contribution is -0.130. The van der Waals surface area contributed by atoms with Gasteiger partial charge in [-0.25, -0.2) is 4.79 Å². The fourth-order valence-electron chi connectivity index (χ4n) is 2.63. The molecule has 0 amide bonds. The van der Waals surface area contributed by atoms with Crippen molar-refractivity contribution in [3.63, 3.8) is 0 Å². The van der Waals surface area contributed by atoms with Crippen molar-refractivity contribution in [2.24, 2.45) is 0 Å². The van der Waals surface area contributed by atoms with Gasteiger partial charge < -0.3 is 5.11 Å². The van der Waals surface area contributed by atoms with Crippen LogP contribution in [0, 0.1) is 0 Å². The highest BCUT2D eigenvalue weighted by molar-refractivity contribution is 6.21. The van der Waals surface area contributed by atoms with Gasteiger partial charge in [0.1, 0.15) is 0 Å². The molecule has 23 heavy (non-hydrogen) atoms. The Morgan fingerprint density at radius 2 is 1.74 bits per heavy atom. The van der Waals surface area contributed by atoms with E-state index in [0.29, 0.717) is 5.56 Å². The molecule has 3 aromatic rings. The van der Waals surface area contributed by atoms with Gasteiger partial charge in [0.15, 0.2) is 0 Å². The minimum Gasteiger partial charge on any atom is -0.478 e. The number of aliphatic carboxylic acids is 1. The Hall–Kier alpha value is -3.14. The Kier molecular flexibility index (Phi) is 3.81. The van der Waals surface area contributed by atoms with Gasteiger partial charge in [-0.05, 0) is 29.3 Å². The minimum absolute atomic E-state index is 0.0809. The number of fused-ring (bicyclic) bond motifs is 1. The average molecular weight is 305 g/mol. The van der Waals surface area contributed by atoms with Gasteiger partial charge in [-0.2, -0.15) is 0 Å². The summed E-state index contributed by atoms with van der Waals surface area (Å²) < 4.78 is 1.55. The molecule has 0 aliphatic rings. The maximum absolute atomic E-state index is 11.6. The molecule has 0 unspecified atom stereocenters. The zero-order chi connectivity index (χ0) is 16.4. The number of aromatic nitrogens is 1. The van der Waals surface area contributed by atoms with Gasteiger partial charge in [-0.1, -0.05) is 42.5 Å². The molecular formula is C19H15NO3. The van der Waals surface area contributed by atoms with Crippen molar-refractivity contribution in [1.29, 1.82) is 0 Å². The summed E-state index contributed by atoms with van der Waals surface area (Å²) >= 11 is 0. The lowest BCUT2D eigenvalue weighted by Gasteiger charge is -2.05. The Labute approximate surface area is 133 Å². The molecule has 114 valence electrons. The SMILES string of the molecule is CC(=O)n1ccc2c(/C=C(/C(=O)O)c3ccccc3)cccc21. The molecule has 0 bridgehead atoms. The molecule has 1 N–H and O–H groups in total. The standard InChI is InChI=1S/C19H15NO3/c1-13(21)20-11-10-16-15(8-5-9-18(16)20)12-17(19(22)23)14-6-3-2-4-7-14/h2-12H,1H3,(H,22,23)/b17-12+. The van der Waals surface area contributed by atoms with Crippen molar-refractivity contribution in [2.75, 3.05) is 0 Å². The second kappa shape index (κ2) is 5.93. The van der Waals surface area contributed by atoms with E-state index in [9.17, 15) is 14.7 Å². The number of rotatable bonds is 3. The van der Waals surface area contributed by atoms with Crippen molar-refractivity contribution in [3.05, 3.63) is 71.9 Å². The second-order valence-corrected chi connectivity index (χ2v) is 5.21. The normalized spacial score (nSPS) is 11.6. The summed E-state index contributed by atoms with van der Waals surface area (Å²) in [5.41, 5.74) is 2.39. The van der Waals surface area contributed by atoms with Crippen LogP contribution in [0.25, 0.3) is 22.6 Å². The number of carbonyl (C=O) groups is 2. The van der Waals surface area contributed by atoms with E-state index in [0.717, 1.165) is 16.5 Å². The molecule has 0 saturated heterocycles. The smallest absolute Gasteiger partial charge is 0.336 e. The van der Waals surface area contributed by atoms with E-state index in [1.54, 1.807) is 41.1 Å². The summed E-state index contributed by atoms with van der Waals surface area (Å²) in [6, 6.07) is 16.3. The van der Waals surface area contributed by atoms with Crippen LogP contribution in [0.15, 0.2) is 60.8 Å². The van der Waals surface area contributed by atoms with Crippen molar-refractivity contribution >= 4 is 34.4 Å². The van der Waals surface area contributed by atoms with Crippen LogP contribution in [0.1, 0.15) is 22.8 Å². The Morgan fingerprint density at radius 1 is 1.00 bits per heavy atom. The summed E-state index contributed by atoms with van der Waals surface area (Å²) in [7, 11) is 0. The molecule has 0 radical (unpaired) electrons. The largest absolute Gasteiger partial charge is 0.478 e. The first-order chi connectivity index (χ1) is 11.1. The lowest BCUT2D eigenvalue weighted by atomic mass is 10.0. The topological polar surface area (TPSA) is 59.3 Å². The number of nitrogens with zero attached hydrogens (tertiary/aromatic N) is 1. The third kappa shape index (κ3) is 2.79. The summed E-state index contributed by atoms with van der Waals surface area (Å²) in [5.74, 6) is -1.07. The number of carboxylic acid groups (broad SMARTS) is 1. The number of carboxylic acids is 1. The van der Waals surface area contributed by atoms with Crippen LogP contribution in [0.4, 0.5) is 0 Å². The van der Waals surface area contributed by atoms with E-state index in [1.165, 1.54) is 6.92 Å². The molecule has 0 aliphatic heterocycles. The Bertz CT molecular complexity index is 920. The second-order valence-electron chi connectivity index (χ2n) is 5.21. The van der Waals surface area contributed by atoms with Crippen LogP contribution >= 0.6 is 0 Å². The third-order valence-electron chi connectivity index (χ3n) is 3.72. The molecule has 0 spiro atoms. The van der Waals surface area contributed by atoms with E-state index in [-0.39, 0.29) is 11.5 Å². The summed E-state index contributed by atoms with van der Waals surface area (Å²) in [6.45, 7) is 1.49. The number of benzene rings is 2. The van der Waals surface area contributed by atoms with Gasteiger partial charge in [0, 0.05) is 18.5 Å². The Balaban J connectivity index is 2.19. The molecule has 0 atom stereocenters. The first-order valence-electron chi connectivity index (χ1n) is 7.19. The van der Waals surface area contributed by atoms with Crippen LogP contribution in [-0.2, 0) is 4.79 Å². The van der Waals surface area contributed by atoms with Crippen LogP contribution in [0.5, 0.6) is 0 Å². The molecule has 0 aliphatic carbocycles. The van der Waals surface area contributed by atoms with Crippen LogP contribution in [0.3, 0.4) is 0 Å². The monoisotopic (exact) mass is 305 g/mol. The quantitative estimate of drug-likeness (QED) is 0.589. The van der Waals surface area contributed by atoms with E-state index < -0.39 is 5.97 Å². The van der Waals surface area contributed by atoms with Gasteiger partial charge >= 0.3 is 5.97 Å². The molecule has 0 saturated carbocycles. The molecule has 0 fully saturated rings. The molecule has 1 aromatic heterocycles. The van der Waals surface area contributed by atoms with Gasteiger partial charge in [0.2, 0.25) is 5.91 Å². The van der Waals surface area contributed by atoms with E-state index in [1.807, 2.05) is 30.3 Å². The molecule has 2 aromatic carbocycles. The fraction of sp³-hybridized carbons (Fsp3) is 0.0526. The third-order valence-corrected chi connectivity index (χ3v) is 3.72. The van der Waals surface area contributed by atoms with E-state index in [2.05, 4.69) is 0 Å². The number of carbonyl (C=O) groups excluding carboxylic acids is 1. The highest BCUT2D eigenvalue weighted by Crippen LogP contribution is 2.25. The average Bonchev–Trinajstić information content (AvgIpc) is 2.98. The van der Waals surface area contributed by atoms with Crippen LogP contribution < -0.4 is 0 Å². The predicted molar refractivity (Wildman–Crippen MR) is 90.2 cm³/mol. The summed E-state index contributed by atoms with van der Waals surface area (Å²) in [5, 5.41) is 10.4. The highest BCUT2D eigenvalue weighted by atomic mass is 16.4. The van der Waals surface area contributed by atoms with Gasteiger partial charge in [0.05, 0.1) is 11.1 Å². The van der Waals surface area contributed by atoms with E-state index in [4.69, 9.17) is 0 Å². The molecular weight excluding hydrogens is 290 g/mol. The fourth-order valence-corrected chi connectivity index (χ4v) is 2.63. The Morgan fingerprint density at radius 3 is 2.39 bits per heavy atom. The number of hydrogen-bond acceptors (Lipinski definition) is 2. The first-order valence-corrected chi connectivity index (χ1v) is 7.19. The molecule has 1 heterocycles. The number of hydrogen-bond donors (Lipinski definition) is 1. The molecule has 4 heteroatoms. The van der Waals surface area contributed by atoms with Gasteiger partial charge in [-0.15, -0.1) is 0 Å². The van der Waals surface area contributed by atoms with Gasteiger partial charge in [-0.3, -0.25) is 9.36 Å². The van der Waals surface area contributed by atoms with E-state index >= 15 is 0 Å². The maximum Gasteiger partial charge on any atom is 0.336 e. The maximum atomic E-state index is 11.6. The molecule has 4 nitrogen and oxygen atoms in total. The van der Waals surface area contributed by atoms with Crippen molar-refractivity contribution in [3.8, 4) is 0 Å². The van der Waals surface area contributed by atoms with Gasteiger partial charge in [0.25, 0.3) is 0 Å². The van der Waals surface area contributed by atoms with Crippen molar-refractivity contribution in [2.45, 2.75) is 6.92 Å². The zero-order valence-electron chi connectivity index (χ0n) is 12.6. The summed E-state index contributed by atoms with van der Waals surface area (Å²) in [4.78, 5) is 23.3. The zero-order valence-corrected chi connectivity index (χ0v) is 12.6. The van der Waals surface area contributed by atoms with Crippen LogP contribution in [0.2, 0.25) is 0 Å². The lowest BCUT2D eigenvalue weighted by Crippen LogP contribution is -2.03. The summed E-state index contributed by atoms with van der Waals surface area (Å²) in [6.07, 6.45) is 3.35. The van der Waals surface area contributed by atoms with Crippen LogP contribution in [-0.4, -0.2) is 21.6 Å². The first kappa shape index (κ1) is 14.8. The minimum atomic E-state index is -0.987. The highest BCUT2D eigenvalue weighted by Gasteiger charge is 2.12. The van der Waals surface area contributed by atoms with Crippen molar-refractivity contribution < 1.29 is 14.7 Å². The predicted octanol–water partition coefficient (Wildman–Crippen LogP) is 3.93.